The quantitative estimate of drug-likeness (QED) is 0.339. The molecular formula is C14H31As. The summed E-state index contributed by atoms with van der Waals surface area (Å²) >= 11 is 0.461. The summed E-state index contributed by atoms with van der Waals surface area (Å²) in [7, 11) is 0. The summed E-state index contributed by atoms with van der Waals surface area (Å²) in [5.41, 5.74) is 0. The summed E-state index contributed by atoms with van der Waals surface area (Å²) in [4.78, 5) is 0. The van der Waals surface area contributed by atoms with Gasteiger partial charge in [0.1, 0.15) is 0 Å². The second-order valence-electron chi connectivity index (χ2n) is 4.58. The summed E-state index contributed by atoms with van der Waals surface area (Å²) in [6, 6.07) is 0. The van der Waals surface area contributed by atoms with E-state index in [4.69, 9.17) is 0 Å². The Morgan fingerprint density at radius 3 is 1.53 bits per heavy atom. The molecule has 1 unspecified atom stereocenters. The van der Waals surface area contributed by atoms with E-state index in [1.54, 1.807) is 10.4 Å². The van der Waals surface area contributed by atoms with Gasteiger partial charge in [0.2, 0.25) is 0 Å². The van der Waals surface area contributed by atoms with Crippen molar-refractivity contribution in [2.24, 2.45) is 0 Å². The van der Waals surface area contributed by atoms with Crippen molar-refractivity contribution >= 4 is 15.8 Å². The molecule has 1 atom stereocenters. The van der Waals surface area contributed by atoms with Crippen molar-refractivity contribution < 1.29 is 0 Å². The van der Waals surface area contributed by atoms with Crippen LogP contribution in [0, 0.1) is 0 Å². The fraction of sp³-hybridized carbons (Fsp3) is 1.00. The zero-order chi connectivity index (χ0) is 11.2. The van der Waals surface area contributed by atoms with E-state index in [0.717, 1.165) is 0 Å². The van der Waals surface area contributed by atoms with Gasteiger partial charge >= 0.3 is 104 Å². The van der Waals surface area contributed by atoms with E-state index >= 15 is 0 Å². The van der Waals surface area contributed by atoms with Gasteiger partial charge in [0, 0.05) is 0 Å². The molecule has 0 aliphatic rings. The minimum absolute atomic E-state index is 0.461. The van der Waals surface area contributed by atoms with Crippen LogP contribution in [-0.2, 0) is 0 Å². The fourth-order valence-electron chi connectivity index (χ4n) is 1.83. The molecule has 0 N–H and O–H groups in total. The van der Waals surface area contributed by atoms with Crippen LogP contribution < -0.4 is 0 Å². The molecule has 0 fully saturated rings. The Morgan fingerprint density at radius 2 is 0.933 bits per heavy atom. The molecule has 0 radical (unpaired) electrons. The van der Waals surface area contributed by atoms with Crippen molar-refractivity contribution in [3.63, 3.8) is 0 Å². The van der Waals surface area contributed by atoms with Crippen LogP contribution in [-0.4, -0.2) is 15.8 Å². The van der Waals surface area contributed by atoms with Gasteiger partial charge in [-0.15, -0.1) is 0 Å². The molecule has 0 aromatic carbocycles. The van der Waals surface area contributed by atoms with Crippen LogP contribution in [0.5, 0.6) is 0 Å². The van der Waals surface area contributed by atoms with E-state index in [-0.39, 0.29) is 0 Å². The van der Waals surface area contributed by atoms with Gasteiger partial charge < -0.3 is 0 Å². The van der Waals surface area contributed by atoms with Crippen LogP contribution in [0.3, 0.4) is 0 Å². The second kappa shape index (κ2) is 14.6. The van der Waals surface area contributed by atoms with Gasteiger partial charge in [-0.25, -0.2) is 0 Å². The molecule has 0 nitrogen and oxygen atoms in total. The van der Waals surface area contributed by atoms with Crippen LogP contribution in [0.4, 0.5) is 0 Å². The van der Waals surface area contributed by atoms with Gasteiger partial charge in [-0.2, -0.15) is 0 Å². The van der Waals surface area contributed by atoms with E-state index in [1.807, 2.05) is 0 Å². The Bertz CT molecular complexity index is 89.5. The van der Waals surface area contributed by atoms with Crippen molar-refractivity contribution in [3.05, 3.63) is 0 Å². The van der Waals surface area contributed by atoms with Crippen LogP contribution >= 0.6 is 0 Å². The molecule has 0 spiro atoms. The predicted molar refractivity (Wildman–Crippen MR) is 74.3 cm³/mol. The summed E-state index contributed by atoms with van der Waals surface area (Å²) in [5.74, 6) is 0. The monoisotopic (exact) mass is 274 g/mol. The third kappa shape index (κ3) is 14.6. The fourth-order valence-corrected chi connectivity index (χ4v) is 4.45. The maximum atomic E-state index is 2.30. The molecule has 0 amide bonds. The normalized spacial score (nSPS) is 11.6. The molecule has 0 bridgehead atoms. The van der Waals surface area contributed by atoms with Gasteiger partial charge in [0.25, 0.3) is 0 Å². The Hall–Kier alpha value is 0.558. The predicted octanol–water partition coefficient (Wildman–Crippen LogP) is 5.20. The maximum absolute atomic E-state index is 2.30. The molecule has 0 aliphatic carbocycles. The van der Waals surface area contributed by atoms with Crippen molar-refractivity contribution in [1.29, 1.82) is 0 Å². The van der Waals surface area contributed by atoms with Crippen molar-refractivity contribution in [2.45, 2.75) is 88.5 Å². The number of hydrogen-bond acceptors (Lipinski definition) is 0. The first-order valence-electron chi connectivity index (χ1n) is 7.12. The first-order chi connectivity index (χ1) is 7.41. The SMILES string of the molecule is CCCCCCCCC[AsH]CCCCC. The first kappa shape index (κ1) is 15.6. The Balaban J connectivity index is 2.81. The molecule has 0 aromatic heterocycles. The number of hydrogen-bond donors (Lipinski definition) is 0. The standard InChI is InChI=1S/C14H31As/c1-3-5-7-8-9-10-12-14-15-13-11-6-4-2/h15H,3-14H2,1-2H3. The van der Waals surface area contributed by atoms with E-state index in [2.05, 4.69) is 13.8 Å². The van der Waals surface area contributed by atoms with Gasteiger partial charge in [-0.3, -0.25) is 0 Å². The second-order valence-corrected chi connectivity index (χ2v) is 7.73. The molecule has 0 heterocycles. The average Bonchev–Trinajstić information content (AvgIpc) is 2.26. The Morgan fingerprint density at radius 1 is 0.533 bits per heavy atom. The molecule has 0 rings (SSSR count). The Labute approximate surface area is 104 Å². The van der Waals surface area contributed by atoms with Crippen molar-refractivity contribution in [3.8, 4) is 0 Å². The average molecular weight is 274 g/mol. The van der Waals surface area contributed by atoms with Gasteiger partial charge in [-0.1, -0.05) is 0 Å². The van der Waals surface area contributed by atoms with Crippen LogP contribution in [0.25, 0.3) is 0 Å². The van der Waals surface area contributed by atoms with Crippen LogP contribution in [0.2, 0.25) is 10.4 Å². The third-order valence-electron chi connectivity index (χ3n) is 2.91. The minimum atomic E-state index is 0.461. The zero-order valence-electron chi connectivity index (χ0n) is 11.0. The molecule has 0 aromatic rings. The topological polar surface area (TPSA) is 0 Å². The number of unbranched alkanes of at least 4 members (excludes halogenated alkanes) is 8. The molecule has 15 heavy (non-hydrogen) atoms. The summed E-state index contributed by atoms with van der Waals surface area (Å²) < 4.78 is 0. The summed E-state index contributed by atoms with van der Waals surface area (Å²) in [6.45, 7) is 4.59. The molecule has 92 valence electrons. The summed E-state index contributed by atoms with van der Waals surface area (Å²) in [6.07, 6.45) is 14.7. The van der Waals surface area contributed by atoms with Crippen molar-refractivity contribution in [2.75, 3.05) is 0 Å². The third-order valence-corrected chi connectivity index (χ3v) is 5.88. The van der Waals surface area contributed by atoms with E-state index in [1.165, 1.54) is 64.2 Å². The Kier molecular flexibility index (Phi) is 15.1. The molecule has 1 heteroatoms. The van der Waals surface area contributed by atoms with Gasteiger partial charge in [0.15, 0.2) is 0 Å². The first-order valence-corrected chi connectivity index (χ1v) is 10.1. The van der Waals surface area contributed by atoms with Crippen molar-refractivity contribution in [1.82, 2.24) is 0 Å². The number of rotatable bonds is 12. The summed E-state index contributed by atoms with van der Waals surface area (Å²) in [5, 5.41) is 3.21. The van der Waals surface area contributed by atoms with Gasteiger partial charge in [0.05, 0.1) is 0 Å². The van der Waals surface area contributed by atoms with E-state index < -0.39 is 0 Å². The van der Waals surface area contributed by atoms with E-state index in [0.29, 0.717) is 15.8 Å². The molecule has 0 saturated heterocycles. The van der Waals surface area contributed by atoms with Crippen LogP contribution in [0.15, 0.2) is 0 Å². The van der Waals surface area contributed by atoms with E-state index in [9.17, 15) is 0 Å². The molecule has 0 aliphatic heterocycles. The zero-order valence-corrected chi connectivity index (χ0v) is 13.1. The van der Waals surface area contributed by atoms with Gasteiger partial charge in [-0.05, 0) is 0 Å². The van der Waals surface area contributed by atoms with Crippen LogP contribution in [0.1, 0.15) is 78.1 Å². The molecular weight excluding hydrogens is 243 g/mol. The molecule has 0 saturated carbocycles.